The molecule has 1 aliphatic rings. The van der Waals surface area contributed by atoms with Crippen LogP contribution in [-0.4, -0.2) is 38.5 Å². The Morgan fingerprint density at radius 2 is 1.75 bits per heavy atom. The Labute approximate surface area is 73.2 Å². The minimum atomic E-state index is -0.00481. The van der Waals surface area contributed by atoms with Gasteiger partial charge in [0, 0.05) is 26.3 Å². The lowest BCUT2D eigenvalue weighted by Gasteiger charge is -2.37. The van der Waals surface area contributed by atoms with Gasteiger partial charge < -0.3 is 20.9 Å². The molecule has 4 heteroatoms. The Bertz CT molecular complexity index is 143. The zero-order chi connectivity index (χ0) is 9.14. The van der Waals surface area contributed by atoms with Gasteiger partial charge in [0.05, 0.1) is 12.2 Å². The van der Waals surface area contributed by atoms with Crippen molar-refractivity contribution in [3.05, 3.63) is 0 Å². The van der Waals surface area contributed by atoms with Crippen molar-refractivity contribution in [3.8, 4) is 0 Å². The lowest BCUT2D eigenvalue weighted by Crippen LogP contribution is -2.54. The molecular formula is C8H18N2O2. The van der Waals surface area contributed by atoms with Crippen LogP contribution in [0.1, 0.15) is 12.8 Å². The summed E-state index contributed by atoms with van der Waals surface area (Å²) in [5, 5.41) is 0. The Balaban J connectivity index is 2.56. The van der Waals surface area contributed by atoms with Gasteiger partial charge >= 0.3 is 0 Å². The van der Waals surface area contributed by atoms with E-state index in [-0.39, 0.29) is 24.3 Å². The summed E-state index contributed by atoms with van der Waals surface area (Å²) in [5.74, 6) is 0. The van der Waals surface area contributed by atoms with Gasteiger partial charge in [-0.3, -0.25) is 0 Å². The molecule has 1 aliphatic carbocycles. The molecule has 0 radical (unpaired) electrons. The number of nitrogens with two attached hydrogens (primary N) is 2. The van der Waals surface area contributed by atoms with Crippen LogP contribution in [0.4, 0.5) is 0 Å². The highest BCUT2D eigenvalue weighted by Crippen LogP contribution is 2.21. The molecule has 0 bridgehead atoms. The van der Waals surface area contributed by atoms with Crippen LogP contribution in [0.3, 0.4) is 0 Å². The first-order valence-electron chi connectivity index (χ1n) is 4.25. The average Bonchev–Trinajstić information content (AvgIpc) is 2.03. The molecule has 1 saturated carbocycles. The van der Waals surface area contributed by atoms with Crippen molar-refractivity contribution in [2.75, 3.05) is 14.2 Å². The van der Waals surface area contributed by atoms with E-state index in [2.05, 4.69) is 0 Å². The lowest BCUT2D eigenvalue weighted by atomic mass is 9.87. The van der Waals surface area contributed by atoms with E-state index in [1.165, 1.54) is 0 Å². The molecule has 12 heavy (non-hydrogen) atoms. The van der Waals surface area contributed by atoms with Gasteiger partial charge in [-0.05, 0) is 12.8 Å². The SMILES string of the molecule is COC1[C@H](N)C[C@H](N)C[C@@H]1OC. The highest BCUT2D eigenvalue weighted by atomic mass is 16.5. The normalized spacial score (nSPS) is 43.0. The average molecular weight is 174 g/mol. The van der Waals surface area contributed by atoms with Gasteiger partial charge in [0.25, 0.3) is 0 Å². The highest BCUT2D eigenvalue weighted by Gasteiger charge is 2.34. The van der Waals surface area contributed by atoms with E-state index in [0.29, 0.717) is 0 Å². The van der Waals surface area contributed by atoms with E-state index in [4.69, 9.17) is 20.9 Å². The Kier molecular flexibility index (Phi) is 3.46. The highest BCUT2D eigenvalue weighted by molar-refractivity contribution is 4.91. The summed E-state index contributed by atoms with van der Waals surface area (Å²) < 4.78 is 10.5. The summed E-state index contributed by atoms with van der Waals surface area (Å²) in [6.07, 6.45) is 1.70. The number of hydrogen-bond acceptors (Lipinski definition) is 4. The molecule has 0 spiro atoms. The molecule has 4 atom stereocenters. The molecule has 72 valence electrons. The van der Waals surface area contributed by atoms with Crippen LogP contribution >= 0.6 is 0 Å². The molecule has 0 aliphatic heterocycles. The summed E-state index contributed by atoms with van der Waals surface area (Å²) in [6.45, 7) is 0. The second kappa shape index (κ2) is 4.18. The van der Waals surface area contributed by atoms with E-state index < -0.39 is 0 Å². The Morgan fingerprint density at radius 3 is 2.25 bits per heavy atom. The van der Waals surface area contributed by atoms with Gasteiger partial charge in [-0.1, -0.05) is 0 Å². The summed E-state index contributed by atoms with van der Waals surface area (Å²) in [6, 6.07) is 0.153. The molecule has 1 fully saturated rings. The van der Waals surface area contributed by atoms with E-state index in [9.17, 15) is 0 Å². The number of hydrogen-bond donors (Lipinski definition) is 2. The summed E-state index contributed by atoms with van der Waals surface area (Å²) >= 11 is 0. The maximum absolute atomic E-state index is 5.86. The van der Waals surface area contributed by atoms with Crippen LogP contribution in [0.15, 0.2) is 0 Å². The minimum absolute atomic E-state index is 0.00343. The first-order chi connectivity index (χ1) is 5.69. The fraction of sp³-hybridized carbons (Fsp3) is 1.00. The maximum atomic E-state index is 5.86. The standard InChI is InChI=1S/C8H18N2O2/c1-11-7-4-5(9)3-6(10)8(7)12-2/h5-8H,3-4,9-10H2,1-2H3/t5-,6+,7-,8?/m0/s1. The van der Waals surface area contributed by atoms with Crippen LogP contribution in [0.25, 0.3) is 0 Å². The minimum Gasteiger partial charge on any atom is -0.379 e. The van der Waals surface area contributed by atoms with Crippen molar-refractivity contribution < 1.29 is 9.47 Å². The second-order valence-corrected chi connectivity index (χ2v) is 3.37. The predicted octanol–water partition coefficient (Wildman–Crippen LogP) is -0.535. The number of methoxy groups -OCH3 is 2. The first kappa shape index (κ1) is 9.92. The molecule has 0 aromatic heterocycles. The van der Waals surface area contributed by atoms with Crippen molar-refractivity contribution >= 4 is 0 Å². The van der Waals surface area contributed by atoms with Crippen LogP contribution in [0.2, 0.25) is 0 Å². The van der Waals surface area contributed by atoms with Crippen LogP contribution < -0.4 is 11.5 Å². The quantitative estimate of drug-likeness (QED) is 0.590. The molecule has 4 nitrogen and oxygen atoms in total. The van der Waals surface area contributed by atoms with Gasteiger partial charge in [-0.25, -0.2) is 0 Å². The third-order valence-electron chi connectivity index (χ3n) is 2.47. The Hall–Kier alpha value is -0.160. The molecule has 0 amide bonds. The van der Waals surface area contributed by atoms with Crippen LogP contribution in [0.5, 0.6) is 0 Å². The Morgan fingerprint density at radius 1 is 1.08 bits per heavy atom. The molecule has 0 aromatic carbocycles. The third kappa shape index (κ3) is 1.95. The van der Waals surface area contributed by atoms with E-state index in [1.807, 2.05) is 0 Å². The lowest BCUT2D eigenvalue weighted by molar-refractivity contribution is -0.0711. The smallest absolute Gasteiger partial charge is 0.0984 e. The molecule has 4 N–H and O–H groups in total. The second-order valence-electron chi connectivity index (χ2n) is 3.37. The monoisotopic (exact) mass is 174 g/mol. The van der Waals surface area contributed by atoms with E-state index in [1.54, 1.807) is 14.2 Å². The largest absolute Gasteiger partial charge is 0.379 e. The van der Waals surface area contributed by atoms with Crippen molar-refractivity contribution in [2.24, 2.45) is 11.5 Å². The topological polar surface area (TPSA) is 70.5 Å². The fourth-order valence-electron chi connectivity index (χ4n) is 1.85. The van der Waals surface area contributed by atoms with Crippen molar-refractivity contribution in [3.63, 3.8) is 0 Å². The van der Waals surface area contributed by atoms with Gasteiger partial charge in [0.2, 0.25) is 0 Å². The van der Waals surface area contributed by atoms with Gasteiger partial charge in [0.15, 0.2) is 0 Å². The number of rotatable bonds is 2. The fourth-order valence-corrected chi connectivity index (χ4v) is 1.85. The molecular weight excluding hydrogens is 156 g/mol. The molecule has 0 heterocycles. The van der Waals surface area contributed by atoms with Crippen molar-refractivity contribution in [1.82, 2.24) is 0 Å². The zero-order valence-electron chi connectivity index (χ0n) is 7.69. The maximum Gasteiger partial charge on any atom is 0.0984 e. The van der Waals surface area contributed by atoms with Gasteiger partial charge in [-0.15, -0.1) is 0 Å². The molecule has 0 saturated heterocycles. The van der Waals surface area contributed by atoms with E-state index >= 15 is 0 Å². The zero-order valence-corrected chi connectivity index (χ0v) is 7.69. The van der Waals surface area contributed by atoms with Gasteiger partial charge in [0.1, 0.15) is 0 Å². The molecule has 1 rings (SSSR count). The third-order valence-corrected chi connectivity index (χ3v) is 2.47. The van der Waals surface area contributed by atoms with Gasteiger partial charge in [-0.2, -0.15) is 0 Å². The van der Waals surface area contributed by atoms with Crippen LogP contribution in [-0.2, 0) is 9.47 Å². The van der Waals surface area contributed by atoms with E-state index in [0.717, 1.165) is 12.8 Å². The predicted molar refractivity (Wildman–Crippen MR) is 46.8 cm³/mol. The number of ether oxygens (including phenoxy) is 2. The summed E-state index contributed by atoms with van der Waals surface area (Å²) in [7, 11) is 3.33. The van der Waals surface area contributed by atoms with Crippen LogP contribution in [0, 0.1) is 0 Å². The van der Waals surface area contributed by atoms with Crippen molar-refractivity contribution in [2.45, 2.75) is 37.1 Å². The first-order valence-corrected chi connectivity index (χ1v) is 4.25. The summed E-state index contributed by atoms with van der Waals surface area (Å²) in [4.78, 5) is 0. The molecule has 0 aromatic rings. The molecule has 1 unspecified atom stereocenters. The van der Waals surface area contributed by atoms with Crippen molar-refractivity contribution in [1.29, 1.82) is 0 Å². The summed E-state index contributed by atoms with van der Waals surface area (Å²) in [5.41, 5.74) is 11.7.